The molecule has 0 saturated heterocycles. The molecule has 0 atom stereocenters. The van der Waals surface area contributed by atoms with E-state index in [1.54, 1.807) is 24.3 Å². The zero-order valence-electron chi connectivity index (χ0n) is 13.2. The van der Waals surface area contributed by atoms with Gasteiger partial charge in [-0.1, -0.05) is 48.5 Å². The summed E-state index contributed by atoms with van der Waals surface area (Å²) < 4.78 is 15.3. The second-order valence-corrected chi connectivity index (χ2v) is 5.82. The van der Waals surface area contributed by atoms with Crippen molar-refractivity contribution in [2.24, 2.45) is 0 Å². The molecule has 0 N–H and O–H groups in total. The summed E-state index contributed by atoms with van der Waals surface area (Å²) >= 11 is 0. The Kier molecular flexibility index (Phi) is 5.17. The van der Waals surface area contributed by atoms with E-state index >= 15 is 0 Å². The third kappa shape index (κ3) is 4.28. The first-order chi connectivity index (χ1) is 12.2. The number of hydrogen-bond acceptors (Lipinski definition) is 4. The molecule has 0 unspecified atom stereocenters. The first-order valence-electron chi connectivity index (χ1n) is 7.58. The van der Waals surface area contributed by atoms with E-state index < -0.39 is 4.92 Å². The third-order valence-electron chi connectivity index (χ3n) is 3.84. The van der Waals surface area contributed by atoms with E-state index in [2.05, 4.69) is 0 Å². The van der Waals surface area contributed by atoms with Gasteiger partial charge in [-0.3, -0.25) is 10.1 Å². The van der Waals surface area contributed by atoms with Crippen molar-refractivity contribution >= 4 is 14.4 Å². The molecule has 0 aliphatic rings. The van der Waals surface area contributed by atoms with Crippen LogP contribution in [0.25, 0.3) is 11.1 Å². The lowest BCUT2D eigenvalue weighted by atomic mass is 10.0. The van der Waals surface area contributed by atoms with Crippen LogP contribution in [-0.4, -0.2) is 4.92 Å². The summed E-state index contributed by atoms with van der Waals surface area (Å²) in [6, 6.07) is 22.1. The molecule has 25 heavy (non-hydrogen) atoms. The fourth-order valence-corrected chi connectivity index (χ4v) is 2.75. The van der Waals surface area contributed by atoms with E-state index in [0.717, 1.165) is 22.3 Å². The lowest BCUT2D eigenvalue weighted by Gasteiger charge is -2.06. The Morgan fingerprint density at radius 3 is 1.76 bits per heavy atom. The minimum Gasteiger partial charge on any atom is -0.408 e. The van der Waals surface area contributed by atoms with Crippen molar-refractivity contribution in [3.8, 4) is 16.9 Å². The molecule has 0 heterocycles. The molecular weight excluding hydrogens is 337 g/mol. The Morgan fingerprint density at radius 2 is 1.28 bits per heavy atom. The first-order valence-corrected chi connectivity index (χ1v) is 8.31. The van der Waals surface area contributed by atoms with Crippen LogP contribution in [-0.2, 0) is 11.0 Å². The van der Waals surface area contributed by atoms with Gasteiger partial charge in [-0.15, -0.1) is 0 Å². The monoisotopic (exact) mass is 351 g/mol. The van der Waals surface area contributed by atoms with Crippen molar-refractivity contribution in [3.63, 3.8) is 0 Å². The Bertz CT molecular complexity index is 875. The van der Waals surface area contributed by atoms with Crippen LogP contribution in [0.4, 0.5) is 5.69 Å². The topological polar surface area (TPSA) is 69.4 Å². The summed E-state index contributed by atoms with van der Waals surface area (Å²) in [5.74, 6) is 0.551. The van der Waals surface area contributed by atoms with Crippen molar-refractivity contribution in [3.05, 3.63) is 94.0 Å². The maximum absolute atomic E-state index is 10.7. The molecule has 124 valence electrons. The standard InChI is InChI=1S/C19H14NO4P/c21-20(22)18-9-3-15(4-10-18)13-14-1-5-16(6-2-14)17-7-11-19(12-8-17)24-25-23/h1-12H,13H2. The van der Waals surface area contributed by atoms with E-state index in [4.69, 9.17) is 4.52 Å². The Labute approximate surface area is 146 Å². The van der Waals surface area contributed by atoms with E-state index in [0.29, 0.717) is 12.2 Å². The minimum absolute atomic E-state index is 0.1000. The second-order valence-electron chi connectivity index (χ2n) is 5.49. The predicted octanol–water partition coefficient (Wildman–Crippen LogP) is 5.44. The van der Waals surface area contributed by atoms with Gasteiger partial charge < -0.3 is 4.52 Å². The molecule has 5 nitrogen and oxygen atoms in total. The van der Waals surface area contributed by atoms with Gasteiger partial charge in [-0.2, -0.15) is 0 Å². The second kappa shape index (κ2) is 7.69. The average Bonchev–Trinajstić information content (AvgIpc) is 2.64. The van der Waals surface area contributed by atoms with Crippen LogP contribution in [0.3, 0.4) is 0 Å². The molecule has 6 heteroatoms. The van der Waals surface area contributed by atoms with Gasteiger partial charge in [0.2, 0.25) is 0 Å². The third-order valence-corrected chi connectivity index (χ3v) is 4.13. The van der Waals surface area contributed by atoms with Crippen molar-refractivity contribution in [1.82, 2.24) is 0 Å². The quantitative estimate of drug-likeness (QED) is 0.337. The predicted molar refractivity (Wildman–Crippen MR) is 96.0 cm³/mol. The molecule has 0 aromatic heterocycles. The highest BCUT2D eigenvalue weighted by atomic mass is 31.1. The molecule has 0 radical (unpaired) electrons. The fourth-order valence-electron chi connectivity index (χ4n) is 2.54. The van der Waals surface area contributed by atoms with E-state index in [1.165, 1.54) is 12.1 Å². The molecule has 0 bridgehead atoms. The van der Waals surface area contributed by atoms with Gasteiger partial charge in [0, 0.05) is 12.1 Å². The van der Waals surface area contributed by atoms with Crippen LogP contribution in [0.1, 0.15) is 11.1 Å². The molecule has 3 aromatic carbocycles. The highest BCUT2D eigenvalue weighted by molar-refractivity contribution is 7.17. The molecule has 0 aliphatic heterocycles. The molecule has 0 amide bonds. The zero-order valence-corrected chi connectivity index (χ0v) is 14.1. The maximum atomic E-state index is 10.7. The number of nitro benzene ring substituents is 1. The van der Waals surface area contributed by atoms with Gasteiger partial charge in [0.25, 0.3) is 5.69 Å². The first kappa shape index (κ1) is 16.8. The largest absolute Gasteiger partial charge is 0.408 e. The molecule has 0 fully saturated rings. The van der Waals surface area contributed by atoms with Gasteiger partial charge >= 0.3 is 8.69 Å². The van der Waals surface area contributed by atoms with Crippen molar-refractivity contribution in [1.29, 1.82) is 0 Å². The molecular formula is C19H14NO4P. The molecule has 0 saturated carbocycles. The molecule has 0 aliphatic carbocycles. The lowest BCUT2D eigenvalue weighted by Crippen LogP contribution is -1.91. The number of hydrogen-bond donors (Lipinski definition) is 0. The number of nitro groups is 1. The van der Waals surface area contributed by atoms with Crippen molar-refractivity contribution in [2.75, 3.05) is 0 Å². The van der Waals surface area contributed by atoms with Crippen LogP contribution in [0, 0.1) is 10.1 Å². The van der Waals surface area contributed by atoms with Gasteiger partial charge in [0.1, 0.15) is 5.75 Å². The van der Waals surface area contributed by atoms with Crippen LogP contribution >= 0.6 is 8.69 Å². The number of nitrogens with zero attached hydrogens (tertiary/aromatic N) is 1. The van der Waals surface area contributed by atoms with Gasteiger partial charge in [0.05, 0.1) is 4.92 Å². The van der Waals surface area contributed by atoms with Crippen LogP contribution in [0.5, 0.6) is 5.75 Å². The fraction of sp³-hybridized carbons (Fsp3) is 0.0526. The van der Waals surface area contributed by atoms with Gasteiger partial charge in [-0.25, -0.2) is 4.57 Å². The SMILES string of the molecule is O=POc1ccc(-c2ccc(Cc3ccc([N+](=O)[O-])cc3)cc2)cc1. The van der Waals surface area contributed by atoms with Crippen LogP contribution in [0.2, 0.25) is 0 Å². The van der Waals surface area contributed by atoms with E-state index in [1.807, 2.05) is 36.4 Å². The summed E-state index contributed by atoms with van der Waals surface area (Å²) in [6.45, 7) is 0. The summed E-state index contributed by atoms with van der Waals surface area (Å²) in [6.07, 6.45) is 0.716. The van der Waals surface area contributed by atoms with Crippen LogP contribution < -0.4 is 4.52 Å². The Balaban J connectivity index is 1.71. The van der Waals surface area contributed by atoms with E-state index in [9.17, 15) is 14.7 Å². The smallest absolute Gasteiger partial charge is 0.395 e. The van der Waals surface area contributed by atoms with Crippen molar-refractivity contribution in [2.45, 2.75) is 6.42 Å². The maximum Gasteiger partial charge on any atom is 0.395 e. The Hall–Kier alpha value is -3.04. The number of benzene rings is 3. The summed E-state index contributed by atoms with van der Waals surface area (Å²) in [7, 11) is -0.366. The van der Waals surface area contributed by atoms with E-state index in [-0.39, 0.29) is 14.4 Å². The summed E-state index contributed by atoms with van der Waals surface area (Å²) in [4.78, 5) is 10.3. The van der Waals surface area contributed by atoms with Crippen molar-refractivity contribution < 1.29 is 14.0 Å². The molecule has 3 aromatic rings. The average molecular weight is 351 g/mol. The molecule has 3 rings (SSSR count). The number of rotatable bonds is 6. The summed E-state index contributed by atoms with van der Waals surface area (Å²) in [5, 5.41) is 10.7. The van der Waals surface area contributed by atoms with Gasteiger partial charge in [-0.05, 0) is 40.8 Å². The zero-order chi connectivity index (χ0) is 17.6. The highest BCUT2D eigenvalue weighted by Gasteiger charge is 2.05. The van der Waals surface area contributed by atoms with Crippen LogP contribution in [0.15, 0.2) is 72.8 Å². The Morgan fingerprint density at radius 1 is 0.800 bits per heavy atom. The summed E-state index contributed by atoms with van der Waals surface area (Å²) in [5.41, 5.74) is 4.36. The lowest BCUT2D eigenvalue weighted by molar-refractivity contribution is -0.384. The van der Waals surface area contributed by atoms with Gasteiger partial charge in [0.15, 0.2) is 0 Å². The normalized spacial score (nSPS) is 10.6. The number of non-ortho nitro benzene ring substituents is 1. The molecule has 0 spiro atoms. The highest BCUT2D eigenvalue weighted by Crippen LogP contribution is 2.24. The minimum atomic E-state index is -0.397.